The number of piperazine rings is 1. The summed E-state index contributed by atoms with van der Waals surface area (Å²) in [6.07, 6.45) is 2.70. The summed E-state index contributed by atoms with van der Waals surface area (Å²) < 4.78 is 13.2. The van der Waals surface area contributed by atoms with Gasteiger partial charge in [0.2, 0.25) is 0 Å². The molecule has 0 aromatic heterocycles. The van der Waals surface area contributed by atoms with Crippen molar-refractivity contribution in [2.24, 2.45) is 0 Å². The minimum absolute atomic E-state index is 0.228. The van der Waals surface area contributed by atoms with Gasteiger partial charge < -0.3 is 5.11 Å². The molecule has 0 radical (unpaired) electrons. The molecule has 1 saturated heterocycles. The molecule has 5 heteroatoms. The molecule has 0 aromatic carbocycles. The maximum absolute atomic E-state index is 11.2. The Bertz CT molecular complexity index is 189. The Morgan fingerprint density at radius 2 is 1.93 bits per heavy atom. The molecule has 1 N–H and O–H groups in total. The highest BCUT2D eigenvalue weighted by molar-refractivity contribution is 7.81. The molecule has 0 aliphatic carbocycles. The standard InChI is InChI=1S/C9H20N2O2S/c1-3-9(8-12)10-4-6-11(7-5-10)14(2)13/h9,12H,3-8H2,1-2H3. The van der Waals surface area contributed by atoms with Gasteiger partial charge in [0.15, 0.2) is 0 Å². The summed E-state index contributed by atoms with van der Waals surface area (Å²) in [5.41, 5.74) is 0. The summed E-state index contributed by atoms with van der Waals surface area (Å²) >= 11 is 0. The first-order valence-electron chi connectivity index (χ1n) is 5.12. The zero-order chi connectivity index (χ0) is 10.6. The van der Waals surface area contributed by atoms with Crippen LogP contribution in [0.3, 0.4) is 0 Å². The molecular weight excluding hydrogens is 200 g/mol. The summed E-state index contributed by atoms with van der Waals surface area (Å²) in [5.74, 6) is 0. The Morgan fingerprint density at radius 1 is 1.36 bits per heavy atom. The van der Waals surface area contributed by atoms with E-state index in [1.807, 2.05) is 4.31 Å². The largest absolute Gasteiger partial charge is 0.395 e. The van der Waals surface area contributed by atoms with E-state index in [0.29, 0.717) is 0 Å². The highest BCUT2D eigenvalue weighted by Gasteiger charge is 2.23. The second-order valence-corrected chi connectivity index (χ2v) is 5.00. The lowest BCUT2D eigenvalue weighted by Gasteiger charge is -2.37. The van der Waals surface area contributed by atoms with Crippen molar-refractivity contribution in [2.45, 2.75) is 19.4 Å². The number of nitrogens with zero attached hydrogens (tertiary/aromatic N) is 2. The van der Waals surface area contributed by atoms with Gasteiger partial charge in [0.25, 0.3) is 0 Å². The summed E-state index contributed by atoms with van der Waals surface area (Å²) in [6, 6.07) is 0.280. The van der Waals surface area contributed by atoms with Crippen LogP contribution >= 0.6 is 0 Å². The highest BCUT2D eigenvalue weighted by Crippen LogP contribution is 2.09. The van der Waals surface area contributed by atoms with Gasteiger partial charge >= 0.3 is 0 Å². The fourth-order valence-electron chi connectivity index (χ4n) is 1.83. The number of hydrogen-bond donors (Lipinski definition) is 1. The van der Waals surface area contributed by atoms with E-state index in [9.17, 15) is 4.21 Å². The molecule has 1 aliphatic rings. The first-order valence-corrected chi connectivity index (χ1v) is 6.64. The van der Waals surface area contributed by atoms with Crippen LogP contribution < -0.4 is 0 Å². The third-order valence-electron chi connectivity index (χ3n) is 2.84. The Morgan fingerprint density at radius 3 is 2.29 bits per heavy atom. The molecule has 1 rings (SSSR count). The Balaban J connectivity index is 2.38. The fraction of sp³-hybridized carbons (Fsp3) is 1.00. The van der Waals surface area contributed by atoms with Crippen LogP contribution in [0.4, 0.5) is 0 Å². The highest BCUT2D eigenvalue weighted by atomic mass is 32.2. The molecule has 1 fully saturated rings. The summed E-state index contributed by atoms with van der Waals surface area (Å²) in [4.78, 5) is 2.28. The number of hydrogen-bond acceptors (Lipinski definition) is 3. The average molecular weight is 220 g/mol. The van der Waals surface area contributed by atoms with Crippen molar-refractivity contribution in [3.8, 4) is 0 Å². The van der Waals surface area contributed by atoms with Crippen LogP contribution in [0.25, 0.3) is 0 Å². The summed E-state index contributed by atoms with van der Waals surface area (Å²) in [5, 5.41) is 9.14. The van der Waals surface area contributed by atoms with Gasteiger partial charge in [0, 0.05) is 38.5 Å². The van der Waals surface area contributed by atoms with Crippen LogP contribution in [0.2, 0.25) is 0 Å². The average Bonchev–Trinajstić information content (AvgIpc) is 2.20. The van der Waals surface area contributed by atoms with E-state index in [2.05, 4.69) is 11.8 Å². The normalized spacial score (nSPS) is 24.8. The molecule has 14 heavy (non-hydrogen) atoms. The maximum Gasteiger partial charge on any atom is 0.0911 e. The van der Waals surface area contributed by atoms with Gasteiger partial charge in [0.05, 0.1) is 17.6 Å². The quantitative estimate of drug-likeness (QED) is 0.705. The summed E-state index contributed by atoms with van der Waals surface area (Å²) in [6.45, 7) is 5.84. The topological polar surface area (TPSA) is 43.8 Å². The zero-order valence-electron chi connectivity index (χ0n) is 8.98. The van der Waals surface area contributed by atoms with Gasteiger partial charge in [-0.1, -0.05) is 6.92 Å². The molecule has 84 valence electrons. The van der Waals surface area contributed by atoms with Gasteiger partial charge in [-0.3, -0.25) is 4.90 Å². The SMILES string of the molecule is CCC(CO)N1CCN(S(C)=O)CC1. The predicted octanol–water partition coefficient (Wildman–Crippen LogP) is -0.332. The van der Waals surface area contributed by atoms with E-state index in [-0.39, 0.29) is 12.6 Å². The first kappa shape index (κ1) is 12.1. The van der Waals surface area contributed by atoms with Crippen molar-refractivity contribution in [3.05, 3.63) is 0 Å². The van der Waals surface area contributed by atoms with Crippen LogP contribution in [-0.4, -0.2) is 63.6 Å². The van der Waals surface area contributed by atoms with Crippen LogP contribution in [0.1, 0.15) is 13.3 Å². The zero-order valence-corrected chi connectivity index (χ0v) is 9.79. The molecule has 0 amide bonds. The molecule has 1 aliphatic heterocycles. The molecule has 0 aromatic rings. The van der Waals surface area contributed by atoms with Crippen LogP contribution in [0.15, 0.2) is 0 Å². The van der Waals surface area contributed by atoms with Crippen molar-refractivity contribution >= 4 is 11.0 Å². The molecule has 4 nitrogen and oxygen atoms in total. The van der Waals surface area contributed by atoms with Crippen molar-refractivity contribution in [3.63, 3.8) is 0 Å². The van der Waals surface area contributed by atoms with Crippen molar-refractivity contribution < 1.29 is 9.32 Å². The second-order valence-electron chi connectivity index (χ2n) is 3.63. The number of aliphatic hydroxyl groups excluding tert-OH is 1. The van der Waals surface area contributed by atoms with Crippen molar-refractivity contribution in [1.29, 1.82) is 0 Å². The molecule has 2 atom stereocenters. The fourth-order valence-corrected chi connectivity index (χ4v) is 2.51. The van der Waals surface area contributed by atoms with Crippen LogP contribution in [0, 0.1) is 0 Å². The van der Waals surface area contributed by atoms with E-state index in [0.717, 1.165) is 32.6 Å². The lowest BCUT2D eigenvalue weighted by molar-refractivity contribution is 0.0895. The molecule has 2 unspecified atom stereocenters. The van der Waals surface area contributed by atoms with Crippen LogP contribution in [0.5, 0.6) is 0 Å². The predicted molar refractivity (Wildman–Crippen MR) is 58.4 cm³/mol. The Kier molecular flexibility index (Phi) is 5.01. The molecule has 1 heterocycles. The Labute approximate surface area is 88.5 Å². The van der Waals surface area contributed by atoms with Crippen molar-refractivity contribution in [2.75, 3.05) is 39.0 Å². The molecule has 0 bridgehead atoms. The number of rotatable bonds is 4. The van der Waals surface area contributed by atoms with E-state index >= 15 is 0 Å². The summed E-state index contributed by atoms with van der Waals surface area (Å²) in [7, 11) is -0.840. The van der Waals surface area contributed by atoms with Gasteiger partial charge in [0.1, 0.15) is 0 Å². The molecule has 0 saturated carbocycles. The smallest absolute Gasteiger partial charge is 0.0911 e. The number of aliphatic hydroxyl groups is 1. The molecule has 0 spiro atoms. The van der Waals surface area contributed by atoms with Gasteiger partial charge in [-0.2, -0.15) is 0 Å². The van der Waals surface area contributed by atoms with Gasteiger partial charge in [-0.05, 0) is 6.42 Å². The third-order valence-corrected chi connectivity index (χ3v) is 3.93. The monoisotopic (exact) mass is 220 g/mol. The van der Waals surface area contributed by atoms with Crippen molar-refractivity contribution in [1.82, 2.24) is 9.21 Å². The molecular formula is C9H20N2O2S. The lowest BCUT2D eigenvalue weighted by atomic mass is 10.2. The van der Waals surface area contributed by atoms with Crippen LogP contribution in [-0.2, 0) is 11.0 Å². The third kappa shape index (κ3) is 3.02. The van der Waals surface area contributed by atoms with Gasteiger partial charge in [-0.25, -0.2) is 8.51 Å². The second kappa shape index (κ2) is 5.80. The first-order chi connectivity index (χ1) is 6.69. The van der Waals surface area contributed by atoms with E-state index in [1.165, 1.54) is 0 Å². The lowest BCUT2D eigenvalue weighted by Crippen LogP contribution is -2.51. The minimum atomic E-state index is -0.840. The van der Waals surface area contributed by atoms with Gasteiger partial charge in [-0.15, -0.1) is 0 Å². The Hall–Kier alpha value is 0.0300. The minimum Gasteiger partial charge on any atom is -0.395 e. The van der Waals surface area contributed by atoms with E-state index < -0.39 is 11.0 Å². The van der Waals surface area contributed by atoms with E-state index in [1.54, 1.807) is 6.26 Å². The van der Waals surface area contributed by atoms with E-state index in [4.69, 9.17) is 5.11 Å². The maximum atomic E-state index is 11.2.